The molecule has 7 heavy (non-hydrogen) atoms. The van der Waals surface area contributed by atoms with Crippen LogP contribution in [0.4, 0.5) is 0 Å². The lowest BCUT2D eigenvalue weighted by atomic mass is 10.5. The fourth-order valence-electron chi connectivity index (χ4n) is 0.280. The molecule has 0 rings (SSSR count). The van der Waals surface area contributed by atoms with Crippen LogP contribution < -0.4 is 5.73 Å². The number of hydrogen-bond acceptors (Lipinski definition) is 1. The van der Waals surface area contributed by atoms with Crippen LogP contribution in [0.2, 0.25) is 0 Å². The summed E-state index contributed by atoms with van der Waals surface area (Å²) in [7, 11) is 0. The van der Waals surface area contributed by atoms with E-state index in [0.29, 0.717) is 5.84 Å². The Morgan fingerprint density at radius 1 is 1.71 bits per heavy atom. The molecule has 0 aromatic heterocycles. The van der Waals surface area contributed by atoms with E-state index in [9.17, 15) is 0 Å². The van der Waals surface area contributed by atoms with Gasteiger partial charge in [-0.3, -0.25) is 10.7 Å². The highest BCUT2D eigenvalue weighted by Crippen LogP contribution is 1.76. The van der Waals surface area contributed by atoms with Crippen LogP contribution in [0, 0.1) is 0 Å². The van der Waals surface area contributed by atoms with E-state index in [1.54, 1.807) is 6.92 Å². The second-order valence-corrected chi connectivity index (χ2v) is 1.47. The Morgan fingerprint density at radius 2 is 2.29 bits per heavy atom. The maximum absolute atomic E-state index is 6.83. The van der Waals surface area contributed by atoms with Crippen LogP contribution in [0.15, 0.2) is 4.99 Å². The van der Waals surface area contributed by atoms with Crippen LogP contribution in [0.5, 0.6) is 0 Å². The van der Waals surface area contributed by atoms with Gasteiger partial charge >= 0.3 is 0 Å². The van der Waals surface area contributed by atoms with Gasteiger partial charge in [-0.15, -0.1) is 0 Å². The summed E-state index contributed by atoms with van der Waals surface area (Å²) in [5.74, 6) is 0.432. The van der Waals surface area contributed by atoms with E-state index in [0.717, 1.165) is 13.0 Å². The fourth-order valence-corrected chi connectivity index (χ4v) is 0.280. The Hall–Kier alpha value is -0.530. The van der Waals surface area contributed by atoms with Gasteiger partial charge in [-0.05, 0) is 13.3 Å². The molecular weight excluding hydrogens is 88.1 g/mol. The van der Waals surface area contributed by atoms with Gasteiger partial charge in [-0.1, -0.05) is 6.92 Å². The minimum absolute atomic E-state index is 0.432. The molecule has 0 aliphatic rings. The van der Waals surface area contributed by atoms with Gasteiger partial charge in [0.25, 0.3) is 0 Å². The first-order chi connectivity index (χ1) is 3.27. The summed E-state index contributed by atoms with van der Waals surface area (Å²) in [6, 6.07) is 0. The molecule has 0 bridgehead atoms. The highest BCUT2D eigenvalue weighted by molar-refractivity contribution is 5.76. The average Bonchev–Trinajstić information content (AvgIpc) is 1.61. The summed E-state index contributed by atoms with van der Waals surface area (Å²) in [5, 5.41) is 0. The lowest BCUT2D eigenvalue weighted by molar-refractivity contribution is 0.928. The fraction of sp³-hybridized carbons (Fsp3) is 0.800. The quantitative estimate of drug-likeness (QED) is 0.367. The Labute approximate surface area is 44.4 Å². The molecular formula is C5H11N2. The summed E-state index contributed by atoms with van der Waals surface area (Å²) in [5.41, 5.74) is 6.83. The minimum atomic E-state index is 0.432. The molecule has 0 spiro atoms. The molecule has 0 aliphatic heterocycles. The Kier molecular flexibility index (Phi) is 3.38. The zero-order valence-corrected chi connectivity index (χ0v) is 4.86. The van der Waals surface area contributed by atoms with Crippen molar-refractivity contribution in [3.05, 3.63) is 0 Å². The summed E-state index contributed by atoms with van der Waals surface area (Å²) in [6.07, 6.45) is 1.04. The Bertz CT molecular complexity index is 62.5. The molecule has 0 saturated carbocycles. The zero-order chi connectivity index (χ0) is 5.70. The van der Waals surface area contributed by atoms with Crippen LogP contribution in [-0.2, 0) is 0 Å². The highest BCUT2D eigenvalue weighted by atomic mass is 14.8. The van der Waals surface area contributed by atoms with Crippen molar-refractivity contribution in [1.29, 1.82) is 0 Å². The number of nitrogens with one attached hydrogen (secondary N) is 1. The third-order valence-corrected chi connectivity index (χ3v) is 0.573. The summed E-state index contributed by atoms with van der Waals surface area (Å²) in [6.45, 7) is 4.54. The van der Waals surface area contributed by atoms with Crippen molar-refractivity contribution in [2.24, 2.45) is 4.99 Å². The Morgan fingerprint density at radius 3 is 2.43 bits per heavy atom. The maximum Gasteiger partial charge on any atom is 0.112 e. The third-order valence-electron chi connectivity index (χ3n) is 0.573. The monoisotopic (exact) mass is 99.1 g/mol. The average molecular weight is 99.2 g/mol. The number of aliphatic imine (C=N–C) groups is 1. The normalized spacial score (nSPS) is 12.0. The highest BCUT2D eigenvalue weighted by Gasteiger charge is 1.75. The first kappa shape index (κ1) is 6.47. The topological polar surface area (TPSA) is 36.2 Å². The minimum Gasteiger partial charge on any atom is -0.287 e. The van der Waals surface area contributed by atoms with Crippen molar-refractivity contribution in [3.8, 4) is 0 Å². The third kappa shape index (κ3) is 5.47. The molecule has 0 heterocycles. The summed E-state index contributed by atoms with van der Waals surface area (Å²) < 4.78 is 0. The molecule has 0 aromatic rings. The van der Waals surface area contributed by atoms with Gasteiger partial charge in [0.05, 0.1) is 0 Å². The van der Waals surface area contributed by atoms with Gasteiger partial charge in [0.2, 0.25) is 0 Å². The molecule has 41 valence electrons. The summed E-state index contributed by atoms with van der Waals surface area (Å²) >= 11 is 0. The van der Waals surface area contributed by atoms with E-state index in [-0.39, 0.29) is 0 Å². The zero-order valence-electron chi connectivity index (χ0n) is 4.86. The molecule has 0 saturated heterocycles. The van der Waals surface area contributed by atoms with E-state index in [1.165, 1.54) is 0 Å². The van der Waals surface area contributed by atoms with Crippen molar-refractivity contribution in [1.82, 2.24) is 5.73 Å². The molecule has 2 heteroatoms. The van der Waals surface area contributed by atoms with Crippen LogP contribution in [-0.4, -0.2) is 12.4 Å². The molecule has 2 nitrogen and oxygen atoms in total. The largest absolute Gasteiger partial charge is 0.287 e. The van der Waals surface area contributed by atoms with Gasteiger partial charge in [0.15, 0.2) is 0 Å². The van der Waals surface area contributed by atoms with E-state index in [4.69, 9.17) is 5.73 Å². The lowest BCUT2D eigenvalue weighted by Crippen LogP contribution is -1.90. The van der Waals surface area contributed by atoms with Crippen molar-refractivity contribution in [2.45, 2.75) is 20.3 Å². The smallest absolute Gasteiger partial charge is 0.112 e. The van der Waals surface area contributed by atoms with E-state index < -0.39 is 0 Å². The van der Waals surface area contributed by atoms with Gasteiger partial charge in [0, 0.05) is 6.54 Å². The van der Waals surface area contributed by atoms with Crippen LogP contribution >= 0.6 is 0 Å². The second-order valence-electron chi connectivity index (χ2n) is 1.47. The van der Waals surface area contributed by atoms with Crippen molar-refractivity contribution < 1.29 is 0 Å². The lowest BCUT2D eigenvalue weighted by Gasteiger charge is -1.84. The van der Waals surface area contributed by atoms with E-state index >= 15 is 0 Å². The van der Waals surface area contributed by atoms with Gasteiger partial charge in [-0.25, -0.2) is 0 Å². The molecule has 0 amide bonds. The molecule has 0 unspecified atom stereocenters. The first-order valence-corrected chi connectivity index (χ1v) is 2.50. The predicted octanol–water partition coefficient (Wildman–Crippen LogP) is 1.10. The number of amidine groups is 1. The van der Waals surface area contributed by atoms with E-state index in [2.05, 4.69) is 4.99 Å². The molecule has 0 atom stereocenters. The van der Waals surface area contributed by atoms with Gasteiger partial charge in [-0.2, -0.15) is 0 Å². The Balaban J connectivity index is 3.08. The van der Waals surface area contributed by atoms with Crippen molar-refractivity contribution >= 4 is 5.84 Å². The van der Waals surface area contributed by atoms with Crippen LogP contribution in [0.3, 0.4) is 0 Å². The number of hydrogen-bond donors (Lipinski definition) is 0. The molecule has 0 fully saturated rings. The van der Waals surface area contributed by atoms with Crippen molar-refractivity contribution in [2.75, 3.05) is 6.54 Å². The predicted molar refractivity (Wildman–Crippen MR) is 31.4 cm³/mol. The van der Waals surface area contributed by atoms with E-state index in [1.807, 2.05) is 6.92 Å². The van der Waals surface area contributed by atoms with Crippen molar-refractivity contribution in [3.63, 3.8) is 0 Å². The van der Waals surface area contributed by atoms with Gasteiger partial charge < -0.3 is 0 Å². The molecule has 1 radical (unpaired) electrons. The van der Waals surface area contributed by atoms with Crippen LogP contribution in [0.25, 0.3) is 0 Å². The molecule has 0 aromatic carbocycles. The molecule has 1 N–H and O–H groups in total. The maximum atomic E-state index is 6.83. The number of nitrogens with zero attached hydrogens (tertiary/aromatic N) is 1. The molecule has 0 aliphatic carbocycles. The van der Waals surface area contributed by atoms with Gasteiger partial charge in [0.1, 0.15) is 5.84 Å². The van der Waals surface area contributed by atoms with Crippen LogP contribution in [0.1, 0.15) is 20.3 Å². The summed E-state index contributed by atoms with van der Waals surface area (Å²) in [4.78, 5) is 3.83. The number of rotatable bonds is 2. The standard InChI is InChI=1S/C5H11N2/c1-3-4-7-5(2)6/h6H,3-4H2,1-2H3. The SMILES string of the molecule is CCCN=C(C)[NH]. The first-order valence-electron chi connectivity index (χ1n) is 2.50. The second kappa shape index (κ2) is 3.65.